The predicted octanol–water partition coefficient (Wildman–Crippen LogP) is 4.92. The van der Waals surface area contributed by atoms with Gasteiger partial charge in [-0.15, -0.1) is 0 Å². The van der Waals surface area contributed by atoms with Crippen molar-refractivity contribution in [2.75, 3.05) is 12.4 Å². The van der Waals surface area contributed by atoms with E-state index in [1.54, 1.807) is 30.3 Å². The molecule has 1 amide bonds. The van der Waals surface area contributed by atoms with Gasteiger partial charge in [0.05, 0.1) is 28.7 Å². The van der Waals surface area contributed by atoms with Crippen LogP contribution in [0.1, 0.15) is 51.0 Å². The van der Waals surface area contributed by atoms with Crippen LogP contribution in [0.15, 0.2) is 65.6 Å². The number of fused-ring (bicyclic) bond motifs is 1. The summed E-state index contributed by atoms with van der Waals surface area (Å²) in [6, 6.07) is 18.3. The lowest BCUT2D eigenvalue weighted by Gasteiger charge is -2.45. The van der Waals surface area contributed by atoms with E-state index in [-0.39, 0.29) is 40.5 Å². The molecule has 2 fully saturated rings. The summed E-state index contributed by atoms with van der Waals surface area (Å²) < 4.78 is 37.5. The number of sulfone groups is 1. The van der Waals surface area contributed by atoms with Gasteiger partial charge in [-0.1, -0.05) is 64.5 Å². The van der Waals surface area contributed by atoms with Crippen LogP contribution < -0.4 is 0 Å². The molecule has 5 atom stereocenters. The molecule has 38 heavy (non-hydrogen) atoms. The molecule has 2 heterocycles. The highest BCUT2D eigenvalue weighted by molar-refractivity contribution is 9.10. The first kappa shape index (κ1) is 28.8. The highest BCUT2D eigenvalue weighted by Gasteiger charge is 2.49. The molecular weight excluding hydrogens is 570 g/mol. The molecule has 4 rings (SSSR count). The quantitative estimate of drug-likeness (QED) is 0.194. The van der Waals surface area contributed by atoms with Gasteiger partial charge in [-0.05, 0) is 49.8 Å². The Labute approximate surface area is 233 Å². The van der Waals surface area contributed by atoms with Crippen molar-refractivity contribution >= 4 is 37.6 Å². The number of benzene rings is 2. The van der Waals surface area contributed by atoms with Crippen molar-refractivity contribution in [2.45, 2.75) is 80.0 Å². The van der Waals surface area contributed by atoms with Gasteiger partial charge in [0.2, 0.25) is 5.91 Å². The van der Waals surface area contributed by atoms with Crippen LogP contribution >= 0.6 is 15.9 Å². The molecule has 0 radical (unpaired) electrons. The fraction of sp³-hybridized carbons (Fsp3) is 0.517. The Morgan fingerprint density at radius 2 is 1.76 bits per heavy atom. The molecule has 2 aromatic carbocycles. The van der Waals surface area contributed by atoms with E-state index in [0.717, 1.165) is 24.8 Å². The van der Waals surface area contributed by atoms with Gasteiger partial charge in [0.25, 0.3) is 0 Å². The third-order valence-corrected chi connectivity index (χ3v) is 10.1. The maximum absolute atomic E-state index is 13.2. The zero-order valence-corrected chi connectivity index (χ0v) is 24.1. The Morgan fingerprint density at radius 3 is 2.45 bits per heavy atom. The Morgan fingerprint density at radius 1 is 1.08 bits per heavy atom. The minimum atomic E-state index is -3.43. The van der Waals surface area contributed by atoms with E-state index in [4.69, 9.17) is 9.47 Å². The zero-order chi connectivity index (χ0) is 27.1. The van der Waals surface area contributed by atoms with Crippen molar-refractivity contribution < 1.29 is 27.5 Å². The molecule has 7 nitrogen and oxygen atoms in total. The Hall–Kier alpha value is -2.23. The number of rotatable bonds is 12. The second-order valence-corrected chi connectivity index (χ2v) is 13.4. The molecule has 0 saturated carbocycles. The minimum Gasteiger partial charge on any atom is -0.462 e. The summed E-state index contributed by atoms with van der Waals surface area (Å²) in [4.78, 5) is 27.3. The van der Waals surface area contributed by atoms with Gasteiger partial charge in [0.1, 0.15) is 6.10 Å². The number of carbonyl (C=O) groups is 2. The first-order chi connectivity index (χ1) is 18.3. The molecule has 0 spiro atoms. The summed E-state index contributed by atoms with van der Waals surface area (Å²) in [6.45, 7) is 2.29. The van der Waals surface area contributed by atoms with E-state index in [2.05, 4.69) is 15.9 Å². The number of esters is 1. The first-order valence-electron chi connectivity index (χ1n) is 13.3. The molecule has 9 heteroatoms. The molecule has 2 aliphatic heterocycles. The number of hydrogen-bond acceptors (Lipinski definition) is 6. The van der Waals surface area contributed by atoms with Crippen LogP contribution in [0.4, 0.5) is 0 Å². The Kier molecular flexibility index (Phi) is 10.0. The van der Waals surface area contributed by atoms with Crippen LogP contribution in [-0.4, -0.2) is 60.6 Å². The van der Waals surface area contributed by atoms with Crippen molar-refractivity contribution in [3.8, 4) is 0 Å². The number of carbonyl (C=O) groups excluding carboxylic acids is 2. The van der Waals surface area contributed by atoms with Crippen LogP contribution in [0.2, 0.25) is 0 Å². The fourth-order valence-corrected chi connectivity index (χ4v) is 7.84. The van der Waals surface area contributed by atoms with Gasteiger partial charge in [-0.2, -0.15) is 0 Å². The van der Waals surface area contributed by atoms with Crippen LogP contribution in [0.5, 0.6) is 0 Å². The standard InChI is InChI=1S/C29H36BrNO6S/c1-21(32)37-28(16-17-36-20-22-9-4-2-5-10-22)25-15-14-23-19-26(30)29(33)31(23)27(25)13-8-18-38(34,35)24-11-6-3-7-12-24/h2-7,9-12,23,25-28H,8,13-20H2,1H3/t23-,25+,26-,27+,28-/m0/s1. The van der Waals surface area contributed by atoms with Crippen molar-refractivity contribution in [1.82, 2.24) is 4.90 Å². The van der Waals surface area contributed by atoms with E-state index in [9.17, 15) is 18.0 Å². The van der Waals surface area contributed by atoms with Crippen molar-refractivity contribution in [3.63, 3.8) is 0 Å². The number of halogens is 1. The molecule has 0 bridgehead atoms. The van der Waals surface area contributed by atoms with Gasteiger partial charge in [0, 0.05) is 31.3 Å². The van der Waals surface area contributed by atoms with Crippen molar-refractivity contribution in [3.05, 3.63) is 66.2 Å². The zero-order valence-electron chi connectivity index (χ0n) is 21.7. The second kappa shape index (κ2) is 13.2. The third kappa shape index (κ3) is 7.24. The summed E-state index contributed by atoms with van der Waals surface area (Å²) >= 11 is 3.53. The molecule has 0 unspecified atom stereocenters. The molecular formula is C29H36BrNO6S. The maximum Gasteiger partial charge on any atom is 0.302 e. The Balaban J connectivity index is 1.46. The van der Waals surface area contributed by atoms with Gasteiger partial charge < -0.3 is 14.4 Å². The summed E-state index contributed by atoms with van der Waals surface area (Å²) in [5.74, 6) is -0.408. The van der Waals surface area contributed by atoms with E-state index in [1.807, 2.05) is 35.2 Å². The predicted molar refractivity (Wildman–Crippen MR) is 148 cm³/mol. The van der Waals surface area contributed by atoms with Crippen LogP contribution in [-0.2, 0) is 35.5 Å². The average Bonchev–Trinajstić information content (AvgIpc) is 3.20. The van der Waals surface area contributed by atoms with E-state index in [0.29, 0.717) is 37.4 Å². The fourth-order valence-electron chi connectivity index (χ4n) is 5.82. The normalized spacial score (nSPS) is 24.2. The maximum atomic E-state index is 13.2. The molecule has 0 aliphatic carbocycles. The summed E-state index contributed by atoms with van der Waals surface area (Å²) in [5, 5.41) is 0. The molecule has 0 aromatic heterocycles. The summed E-state index contributed by atoms with van der Waals surface area (Å²) in [7, 11) is -3.43. The minimum absolute atomic E-state index is 0.00307. The Bertz CT molecular complexity index is 1180. The largest absolute Gasteiger partial charge is 0.462 e. The number of alkyl halides is 1. The highest BCUT2D eigenvalue weighted by atomic mass is 79.9. The van der Waals surface area contributed by atoms with E-state index >= 15 is 0 Å². The third-order valence-electron chi connectivity index (χ3n) is 7.55. The van der Waals surface area contributed by atoms with Gasteiger partial charge in [-0.25, -0.2) is 8.42 Å². The number of ether oxygens (including phenoxy) is 2. The topological polar surface area (TPSA) is 90.0 Å². The molecule has 2 saturated heterocycles. The number of hydrogen-bond donors (Lipinski definition) is 0. The van der Waals surface area contributed by atoms with Crippen molar-refractivity contribution in [1.29, 1.82) is 0 Å². The van der Waals surface area contributed by atoms with Gasteiger partial charge >= 0.3 is 5.97 Å². The first-order valence-corrected chi connectivity index (χ1v) is 15.9. The van der Waals surface area contributed by atoms with Gasteiger partial charge in [0.15, 0.2) is 9.84 Å². The molecule has 2 aromatic rings. The smallest absolute Gasteiger partial charge is 0.302 e. The SMILES string of the molecule is CC(=O)O[C@@H](CCOCc1ccccc1)[C@@H]1CC[C@H]2C[C@H](Br)C(=O)N2[C@@H]1CCCS(=O)(=O)c1ccccc1. The summed E-state index contributed by atoms with van der Waals surface area (Å²) in [6.07, 6.45) is 3.42. The number of piperidine rings is 1. The molecule has 0 N–H and O–H groups in total. The number of nitrogens with zero attached hydrogens (tertiary/aromatic N) is 1. The van der Waals surface area contributed by atoms with Crippen molar-refractivity contribution in [2.24, 2.45) is 5.92 Å². The van der Waals surface area contributed by atoms with Crippen LogP contribution in [0.3, 0.4) is 0 Å². The molecule has 2 aliphatic rings. The lowest BCUT2D eigenvalue weighted by Crippen LogP contribution is -2.54. The number of amides is 1. The lowest BCUT2D eigenvalue weighted by molar-refractivity contribution is -0.155. The monoisotopic (exact) mass is 605 g/mol. The molecule has 206 valence electrons. The van der Waals surface area contributed by atoms with Crippen LogP contribution in [0.25, 0.3) is 0 Å². The average molecular weight is 607 g/mol. The highest BCUT2D eigenvalue weighted by Crippen LogP contribution is 2.41. The van der Waals surface area contributed by atoms with E-state index < -0.39 is 15.9 Å². The lowest BCUT2D eigenvalue weighted by atomic mass is 9.79. The van der Waals surface area contributed by atoms with E-state index in [1.165, 1.54) is 6.92 Å². The summed E-state index contributed by atoms with van der Waals surface area (Å²) in [5.41, 5.74) is 1.07. The van der Waals surface area contributed by atoms with Crippen LogP contribution in [0, 0.1) is 5.92 Å². The van der Waals surface area contributed by atoms with Gasteiger partial charge in [-0.3, -0.25) is 9.59 Å². The second-order valence-electron chi connectivity index (χ2n) is 10.2.